The number of ether oxygens (including phenoxy) is 1. The van der Waals surface area contributed by atoms with Gasteiger partial charge in [-0.3, -0.25) is 9.69 Å². The minimum atomic E-state index is -0.801. The van der Waals surface area contributed by atoms with Crippen molar-refractivity contribution in [2.45, 2.75) is 25.4 Å². The second kappa shape index (κ2) is 7.38. The molecule has 1 aromatic rings. The van der Waals surface area contributed by atoms with Crippen LogP contribution < -0.4 is 5.73 Å². The monoisotopic (exact) mass is 278 g/mol. The fraction of sp³-hybridized carbons (Fsp3) is 0.533. The number of carboxylic acid groups (broad SMARTS) is 1. The number of morpholine rings is 1. The molecule has 1 aromatic carbocycles. The van der Waals surface area contributed by atoms with E-state index in [-0.39, 0.29) is 12.5 Å². The van der Waals surface area contributed by atoms with Crippen molar-refractivity contribution < 1.29 is 14.6 Å². The zero-order chi connectivity index (χ0) is 14.4. The Balaban J connectivity index is 1.86. The zero-order valence-corrected chi connectivity index (χ0v) is 11.6. The lowest BCUT2D eigenvalue weighted by Gasteiger charge is -2.26. The van der Waals surface area contributed by atoms with Crippen LogP contribution >= 0.6 is 0 Å². The molecule has 0 aliphatic carbocycles. The highest BCUT2D eigenvalue weighted by molar-refractivity contribution is 5.66. The van der Waals surface area contributed by atoms with Crippen molar-refractivity contribution in [2.24, 2.45) is 5.73 Å². The summed E-state index contributed by atoms with van der Waals surface area (Å²) in [7, 11) is 0. The van der Waals surface area contributed by atoms with Gasteiger partial charge in [0.2, 0.25) is 0 Å². The molecule has 0 bridgehead atoms. The summed E-state index contributed by atoms with van der Waals surface area (Å²) < 4.78 is 5.33. The van der Waals surface area contributed by atoms with Gasteiger partial charge < -0.3 is 15.6 Å². The summed E-state index contributed by atoms with van der Waals surface area (Å²) >= 11 is 0. The highest BCUT2D eigenvalue weighted by atomic mass is 16.5. The maximum Gasteiger partial charge on any atom is 0.303 e. The van der Waals surface area contributed by atoms with Crippen LogP contribution in [0.3, 0.4) is 0 Å². The summed E-state index contributed by atoms with van der Waals surface area (Å²) in [5.41, 5.74) is 8.24. The Morgan fingerprint density at radius 2 is 1.95 bits per heavy atom. The normalized spacial score (nSPS) is 17.9. The van der Waals surface area contributed by atoms with Crippen LogP contribution in [0.4, 0.5) is 0 Å². The van der Waals surface area contributed by atoms with Crippen molar-refractivity contribution in [1.29, 1.82) is 0 Å². The fourth-order valence-corrected chi connectivity index (χ4v) is 2.33. The van der Waals surface area contributed by atoms with Crippen molar-refractivity contribution in [2.75, 3.05) is 26.3 Å². The topological polar surface area (TPSA) is 75.8 Å². The first kappa shape index (κ1) is 15.0. The first-order valence-electron chi connectivity index (χ1n) is 7.01. The van der Waals surface area contributed by atoms with Gasteiger partial charge in [-0.2, -0.15) is 0 Å². The van der Waals surface area contributed by atoms with Gasteiger partial charge in [0.05, 0.1) is 13.2 Å². The Labute approximate surface area is 119 Å². The Morgan fingerprint density at radius 1 is 1.30 bits per heavy atom. The Morgan fingerprint density at radius 3 is 2.55 bits per heavy atom. The van der Waals surface area contributed by atoms with Gasteiger partial charge in [-0.25, -0.2) is 0 Å². The minimum absolute atomic E-state index is 0.108. The van der Waals surface area contributed by atoms with E-state index in [2.05, 4.69) is 17.0 Å². The van der Waals surface area contributed by atoms with Gasteiger partial charge in [-0.1, -0.05) is 24.3 Å². The van der Waals surface area contributed by atoms with Crippen LogP contribution in [-0.2, 0) is 16.1 Å². The predicted molar refractivity (Wildman–Crippen MR) is 76.3 cm³/mol. The second-order valence-electron chi connectivity index (χ2n) is 5.17. The van der Waals surface area contributed by atoms with E-state index in [1.165, 1.54) is 5.56 Å². The van der Waals surface area contributed by atoms with Gasteiger partial charge in [0, 0.05) is 32.1 Å². The van der Waals surface area contributed by atoms with E-state index < -0.39 is 5.97 Å². The lowest BCUT2D eigenvalue weighted by Crippen LogP contribution is -2.35. The molecular formula is C15H22N2O3. The van der Waals surface area contributed by atoms with Crippen molar-refractivity contribution >= 4 is 5.97 Å². The van der Waals surface area contributed by atoms with Gasteiger partial charge in [0.25, 0.3) is 0 Å². The van der Waals surface area contributed by atoms with Gasteiger partial charge in [0.15, 0.2) is 0 Å². The molecule has 3 N–H and O–H groups in total. The summed E-state index contributed by atoms with van der Waals surface area (Å²) in [6, 6.07) is 7.95. The standard InChI is InChI=1S/C15H22N2O3/c16-14(5-6-15(18)19)13-3-1-12(2-4-13)11-17-7-9-20-10-8-17/h1-4,14H,5-11,16H2,(H,18,19). The van der Waals surface area contributed by atoms with Crippen molar-refractivity contribution in [3.8, 4) is 0 Å². The molecule has 0 spiro atoms. The van der Waals surface area contributed by atoms with Crippen LogP contribution in [-0.4, -0.2) is 42.3 Å². The molecule has 2 rings (SSSR count). The van der Waals surface area contributed by atoms with Gasteiger partial charge in [-0.05, 0) is 17.5 Å². The fourth-order valence-electron chi connectivity index (χ4n) is 2.33. The molecule has 0 radical (unpaired) electrons. The molecule has 5 heteroatoms. The highest BCUT2D eigenvalue weighted by Crippen LogP contribution is 2.17. The number of nitrogens with zero attached hydrogens (tertiary/aromatic N) is 1. The minimum Gasteiger partial charge on any atom is -0.481 e. The van der Waals surface area contributed by atoms with Gasteiger partial charge in [0.1, 0.15) is 0 Å². The predicted octanol–water partition coefficient (Wildman–Crippen LogP) is 1.38. The maximum absolute atomic E-state index is 10.5. The molecule has 1 aliphatic rings. The maximum atomic E-state index is 10.5. The van der Waals surface area contributed by atoms with Crippen LogP contribution in [0.15, 0.2) is 24.3 Å². The van der Waals surface area contributed by atoms with Crippen LogP contribution in [0.1, 0.15) is 30.0 Å². The molecular weight excluding hydrogens is 256 g/mol. The highest BCUT2D eigenvalue weighted by Gasteiger charge is 2.12. The molecule has 1 unspecified atom stereocenters. The Hall–Kier alpha value is -1.43. The Kier molecular flexibility index (Phi) is 5.52. The summed E-state index contributed by atoms with van der Waals surface area (Å²) in [5, 5.41) is 8.66. The molecule has 20 heavy (non-hydrogen) atoms. The summed E-state index contributed by atoms with van der Waals surface area (Å²) in [5.74, 6) is -0.801. The number of aliphatic carboxylic acids is 1. The first-order chi connectivity index (χ1) is 9.65. The third-order valence-electron chi connectivity index (χ3n) is 3.59. The van der Waals surface area contributed by atoms with E-state index in [0.29, 0.717) is 6.42 Å². The van der Waals surface area contributed by atoms with E-state index in [1.807, 2.05) is 12.1 Å². The largest absolute Gasteiger partial charge is 0.481 e. The quantitative estimate of drug-likeness (QED) is 0.822. The summed E-state index contributed by atoms with van der Waals surface area (Å²) in [6.45, 7) is 4.48. The van der Waals surface area contributed by atoms with Crippen molar-refractivity contribution in [3.05, 3.63) is 35.4 Å². The number of benzene rings is 1. The number of nitrogens with two attached hydrogens (primary N) is 1. The molecule has 0 amide bonds. The molecule has 1 atom stereocenters. The summed E-state index contributed by atoms with van der Waals surface area (Å²) in [6.07, 6.45) is 0.578. The number of hydrogen-bond donors (Lipinski definition) is 2. The molecule has 0 aromatic heterocycles. The number of carboxylic acids is 1. The average molecular weight is 278 g/mol. The van der Waals surface area contributed by atoms with Crippen LogP contribution in [0.25, 0.3) is 0 Å². The average Bonchev–Trinajstić information content (AvgIpc) is 2.46. The van der Waals surface area contributed by atoms with E-state index in [1.54, 1.807) is 0 Å². The molecule has 1 saturated heterocycles. The van der Waals surface area contributed by atoms with E-state index in [4.69, 9.17) is 15.6 Å². The number of hydrogen-bond acceptors (Lipinski definition) is 4. The molecule has 1 heterocycles. The summed E-state index contributed by atoms with van der Waals surface area (Å²) in [4.78, 5) is 12.9. The lowest BCUT2D eigenvalue weighted by atomic mass is 10.0. The third kappa shape index (κ3) is 4.59. The third-order valence-corrected chi connectivity index (χ3v) is 3.59. The van der Waals surface area contributed by atoms with Crippen LogP contribution in [0.5, 0.6) is 0 Å². The van der Waals surface area contributed by atoms with Crippen molar-refractivity contribution in [1.82, 2.24) is 4.90 Å². The lowest BCUT2D eigenvalue weighted by molar-refractivity contribution is -0.137. The number of rotatable bonds is 6. The van der Waals surface area contributed by atoms with Crippen LogP contribution in [0.2, 0.25) is 0 Å². The second-order valence-corrected chi connectivity index (χ2v) is 5.17. The van der Waals surface area contributed by atoms with E-state index in [0.717, 1.165) is 38.4 Å². The van der Waals surface area contributed by atoms with E-state index in [9.17, 15) is 4.79 Å². The van der Waals surface area contributed by atoms with Crippen LogP contribution in [0, 0.1) is 0 Å². The molecule has 110 valence electrons. The SMILES string of the molecule is NC(CCC(=O)O)c1ccc(CN2CCOCC2)cc1. The zero-order valence-electron chi connectivity index (χ0n) is 11.6. The number of carbonyl (C=O) groups is 1. The molecule has 1 aliphatic heterocycles. The Bertz CT molecular complexity index is 427. The van der Waals surface area contributed by atoms with Gasteiger partial charge >= 0.3 is 5.97 Å². The molecule has 1 fully saturated rings. The van der Waals surface area contributed by atoms with E-state index >= 15 is 0 Å². The van der Waals surface area contributed by atoms with Crippen molar-refractivity contribution in [3.63, 3.8) is 0 Å². The first-order valence-corrected chi connectivity index (χ1v) is 7.01. The molecule has 0 saturated carbocycles. The smallest absolute Gasteiger partial charge is 0.303 e. The molecule has 5 nitrogen and oxygen atoms in total. The van der Waals surface area contributed by atoms with Gasteiger partial charge in [-0.15, -0.1) is 0 Å².